The van der Waals surface area contributed by atoms with Crippen molar-refractivity contribution in [1.82, 2.24) is 0 Å². The Labute approximate surface area is 92.0 Å². The van der Waals surface area contributed by atoms with Gasteiger partial charge >= 0.3 is 0 Å². The fourth-order valence-corrected chi connectivity index (χ4v) is 1.29. The number of hydrogen-bond acceptors (Lipinski definition) is 3. The molecule has 0 heterocycles. The van der Waals surface area contributed by atoms with E-state index < -0.39 is 4.92 Å². The molecule has 78 valence electrons. The molecule has 0 radical (unpaired) electrons. The quantitative estimate of drug-likeness (QED) is 0.342. The molecule has 5 heteroatoms. The lowest BCUT2D eigenvalue weighted by atomic mass is 10.2. The van der Waals surface area contributed by atoms with Crippen molar-refractivity contribution < 1.29 is 9.66 Å². The zero-order valence-electron chi connectivity index (χ0n) is 7.77. The molecule has 0 aliphatic carbocycles. The third-order valence-corrected chi connectivity index (χ3v) is 2.13. The van der Waals surface area contributed by atoms with Gasteiger partial charge in [0.1, 0.15) is 11.6 Å². The maximum Gasteiger partial charge on any atom is 0.288 e. The Morgan fingerprint density at radius 3 is 2.93 bits per heavy atom. The van der Waals surface area contributed by atoms with Crippen LogP contribution >= 0.6 is 11.6 Å². The molecule has 0 aromatic heterocycles. The van der Waals surface area contributed by atoms with Gasteiger partial charge in [0.05, 0.1) is 11.5 Å². The van der Waals surface area contributed by atoms with Gasteiger partial charge in [-0.2, -0.15) is 0 Å². The Morgan fingerprint density at radius 2 is 2.33 bits per heavy atom. The number of halogens is 1. The van der Waals surface area contributed by atoms with E-state index in [0.717, 1.165) is 0 Å². The lowest BCUT2D eigenvalue weighted by Gasteiger charge is -2.03. The number of nitro benzene ring substituents is 1. The summed E-state index contributed by atoms with van der Waals surface area (Å²) in [5.74, 6) is 2.30. The molecule has 0 saturated carbocycles. The topological polar surface area (TPSA) is 52.4 Å². The zero-order chi connectivity index (χ0) is 11.3. The van der Waals surface area contributed by atoms with E-state index in [9.17, 15) is 10.1 Å². The number of benzene rings is 1. The van der Waals surface area contributed by atoms with E-state index in [2.05, 4.69) is 5.92 Å². The molecule has 1 aromatic rings. The van der Waals surface area contributed by atoms with E-state index in [0.29, 0.717) is 5.56 Å². The monoisotopic (exact) mass is 225 g/mol. The highest BCUT2D eigenvalue weighted by Crippen LogP contribution is 2.27. The molecule has 0 saturated heterocycles. The molecule has 0 unspecified atom stereocenters. The van der Waals surface area contributed by atoms with Crippen molar-refractivity contribution in [2.24, 2.45) is 0 Å². The van der Waals surface area contributed by atoms with Crippen LogP contribution in [0.2, 0.25) is 5.02 Å². The molecular weight excluding hydrogens is 218 g/mol. The minimum absolute atomic E-state index is 0.0968. The molecule has 15 heavy (non-hydrogen) atoms. The van der Waals surface area contributed by atoms with Gasteiger partial charge in [0.2, 0.25) is 0 Å². The highest BCUT2D eigenvalue weighted by molar-refractivity contribution is 6.33. The number of nitrogens with zero attached hydrogens (tertiary/aromatic N) is 1. The zero-order valence-corrected chi connectivity index (χ0v) is 8.53. The van der Waals surface area contributed by atoms with Crippen LogP contribution in [-0.2, 0) is 11.3 Å². The summed E-state index contributed by atoms with van der Waals surface area (Å²) in [5.41, 5.74) is 0.430. The van der Waals surface area contributed by atoms with Crippen molar-refractivity contribution in [3.8, 4) is 12.3 Å². The predicted molar refractivity (Wildman–Crippen MR) is 56.6 cm³/mol. The number of terminal acetylenes is 1. The highest BCUT2D eigenvalue weighted by Gasteiger charge is 2.14. The molecule has 0 bridgehead atoms. The van der Waals surface area contributed by atoms with Crippen LogP contribution in [0.1, 0.15) is 5.56 Å². The smallest absolute Gasteiger partial charge is 0.288 e. The molecule has 0 fully saturated rings. The first kappa shape index (κ1) is 11.5. The third-order valence-electron chi connectivity index (χ3n) is 1.70. The number of nitro groups is 1. The predicted octanol–water partition coefficient (Wildman–Crippen LogP) is 2.40. The molecule has 0 aliphatic rings. The van der Waals surface area contributed by atoms with Crippen LogP contribution in [0.15, 0.2) is 18.2 Å². The van der Waals surface area contributed by atoms with E-state index in [1.165, 1.54) is 6.07 Å². The summed E-state index contributed by atoms with van der Waals surface area (Å²) < 4.78 is 5.04. The van der Waals surface area contributed by atoms with Crippen LogP contribution < -0.4 is 0 Å². The molecule has 0 N–H and O–H groups in total. The SMILES string of the molecule is C#CCOCc1cccc([N+](=O)[O-])c1Cl. The van der Waals surface area contributed by atoms with Crippen molar-refractivity contribution in [3.05, 3.63) is 38.9 Å². The van der Waals surface area contributed by atoms with Gasteiger partial charge in [-0.1, -0.05) is 29.7 Å². The highest BCUT2D eigenvalue weighted by atomic mass is 35.5. The summed E-state index contributed by atoms with van der Waals surface area (Å²) in [7, 11) is 0. The van der Waals surface area contributed by atoms with Gasteiger partial charge in [-0.3, -0.25) is 10.1 Å². The van der Waals surface area contributed by atoms with Gasteiger partial charge in [0, 0.05) is 11.6 Å². The fraction of sp³-hybridized carbons (Fsp3) is 0.200. The summed E-state index contributed by atoms with van der Waals surface area (Å²) in [5, 5.41) is 10.6. The summed E-state index contributed by atoms with van der Waals surface area (Å²) in [6, 6.07) is 4.55. The summed E-state index contributed by atoms with van der Waals surface area (Å²) in [6.45, 7) is 0.323. The second kappa shape index (κ2) is 5.35. The van der Waals surface area contributed by atoms with Crippen LogP contribution in [-0.4, -0.2) is 11.5 Å². The van der Waals surface area contributed by atoms with Crippen LogP contribution in [0.25, 0.3) is 0 Å². The van der Waals surface area contributed by atoms with Gasteiger partial charge in [0.25, 0.3) is 5.69 Å². The summed E-state index contributed by atoms with van der Waals surface area (Å²) >= 11 is 5.81. The lowest BCUT2D eigenvalue weighted by molar-refractivity contribution is -0.384. The van der Waals surface area contributed by atoms with Crippen molar-refractivity contribution in [1.29, 1.82) is 0 Å². The molecule has 0 aliphatic heterocycles. The lowest BCUT2D eigenvalue weighted by Crippen LogP contribution is -1.97. The maximum absolute atomic E-state index is 10.6. The Balaban J connectivity index is 2.86. The number of hydrogen-bond donors (Lipinski definition) is 0. The Kier molecular flexibility index (Phi) is 4.10. The van der Waals surface area contributed by atoms with E-state index >= 15 is 0 Å². The van der Waals surface area contributed by atoms with Crippen LogP contribution in [0, 0.1) is 22.5 Å². The number of rotatable bonds is 4. The number of ether oxygens (including phenoxy) is 1. The van der Waals surface area contributed by atoms with Crippen LogP contribution in [0.5, 0.6) is 0 Å². The van der Waals surface area contributed by atoms with Crippen molar-refractivity contribution in [2.75, 3.05) is 6.61 Å². The average molecular weight is 226 g/mol. The van der Waals surface area contributed by atoms with Gasteiger partial charge < -0.3 is 4.74 Å². The average Bonchev–Trinajstić information content (AvgIpc) is 2.20. The van der Waals surface area contributed by atoms with Gasteiger partial charge in [-0.05, 0) is 0 Å². The van der Waals surface area contributed by atoms with Crippen LogP contribution in [0.3, 0.4) is 0 Å². The third kappa shape index (κ3) is 2.94. The second-order valence-corrected chi connectivity index (χ2v) is 3.08. The van der Waals surface area contributed by atoms with E-state index in [4.69, 9.17) is 22.8 Å². The van der Waals surface area contributed by atoms with Crippen molar-refractivity contribution in [2.45, 2.75) is 6.61 Å². The molecule has 4 nitrogen and oxygen atoms in total. The second-order valence-electron chi connectivity index (χ2n) is 2.70. The molecular formula is C10H8ClNO3. The molecule has 1 aromatic carbocycles. The molecule has 0 atom stereocenters. The fourth-order valence-electron chi connectivity index (χ4n) is 1.04. The van der Waals surface area contributed by atoms with Gasteiger partial charge in [0.15, 0.2) is 0 Å². The largest absolute Gasteiger partial charge is 0.364 e. The van der Waals surface area contributed by atoms with Crippen molar-refractivity contribution in [3.63, 3.8) is 0 Å². The maximum atomic E-state index is 10.6. The van der Waals surface area contributed by atoms with E-state index in [1.54, 1.807) is 12.1 Å². The Hall–Kier alpha value is -1.57. The minimum atomic E-state index is -0.535. The standard InChI is InChI=1S/C10H8ClNO3/c1-2-6-15-7-8-4-3-5-9(10(8)11)12(13)14/h1,3-5H,6-7H2. The molecule has 0 spiro atoms. The van der Waals surface area contributed by atoms with Crippen LogP contribution in [0.4, 0.5) is 5.69 Å². The van der Waals surface area contributed by atoms with Gasteiger partial charge in [-0.15, -0.1) is 6.42 Å². The summed E-state index contributed by atoms with van der Waals surface area (Å²) in [4.78, 5) is 10.0. The normalized spacial score (nSPS) is 9.60. The van der Waals surface area contributed by atoms with E-state index in [-0.39, 0.29) is 23.9 Å². The van der Waals surface area contributed by atoms with Crippen molar-refractivity contribution >= 4 is 17.3 Å². The molecule has 0 amide bonds. The Morgan fingerprint density at radius 1 is 1.60 bits per heavy atom. The first-order chi connectivity index (χ1) is 7.16. The molecule has 1 rings (SSSR count). The summed E-state index contributed by atoms with van der Waals surface area (Å²) in [6.07, 6.45) is 4.99. The van der Waals surface area contributed by atoms with E-state index in [1.807, 2.05) is 0 Å². The first-order valence-electron chi connectivity index (χ1n) is 4.09. The minimum Gasteiger partial charge on any atom is -0.364 e. The van der Waals surface area contributed by atoms with Gasteiger partial charge in [-0.25, -0.2) is 0 Å². The first-order valence-corrected chi connectivity index (χ1v) is 4.47. The Bertz CT molecular complexity index is 412.